The van der Waals surface area contributed by atoms with Gasteiger partial charge in [-0.1, -0.05) is 31.1 Å². The summed E-state index contributed by atoms with van der Waals surface area (Å²) in [6, 6.07) is 8.79. The number of carbonyl (C=O) groups is 2. The predicted molar refractivity (Wildman–Crippen MR) is 112 cm³/mol. The normalized spacial score (nSPS) is 14.3. The molecule has 2 aromatic heterocycles. The van der Waals surface area contributed by atoms with E-state index >= 15 is 0 Å². The lowest BCUT2D eigenvalue weighted by Crippen LogP contribution is -2.41. The monoisotopic (exact) mass is 408 g/mol. The third-order valence-electron chi connectivity index (χ3n) is 5.18. The molecule has 1 aromatic carbocycles. The van der Waals surface area contributed by atoms with Crippen molar-refractivity contribution >= 4 is 28.6 Å². The number of hydrogen-bond acceptors (Lipinski definition) is 6. The van der Waals surface area contributed by atoms with E-state index in [1.165, 1.54) is 0 Å². The number of carbonyl (C=O) groups excluding carboxylic acids is 2. The number of rotatable bonds is 4. The summed E-state index contributed by atoms with van der Waals surface area (Å²) in [6.45, 7) is 7.85. The number of nitrogens with zero attached hydrogens (tertiary/aromatic N) is 3. The molecule has 3 aromatic rings. The highest BCUT2D eigenvalue weighted by Crippen LogP contribution is 2.27. The summed E-state index contributed by atoms with van der Waals surface area (Å²) in [5.74, 6) is -0.350. The first-order valence-corrected chi connectivity index (χ1v) is 10.00. The zero-order valence-electron chi connectivity index (χ0n) is 17.3. The van der Waals surface area contributed by atoms with Crippen LogP contribution in [0.4, 0.5) is 5.69 Å². The smallest absolute Gasteiger partial charge is 0.259 e. The Labute approximate surface area is 174 Å². The molecule has 1 aliphatic heterocycles. The molecule has 156 valence electrons. The molecular weight excluding hydrogens is 384 g/mol. The molecule has 1 aliphatic rings. The van der Waals surface area contributed by atoms with Gasteiger partial charge in [-0.05, 0) is 31.0 Å². The minimum atomic E-state index is -0.335. The number of pyridine rings is 1. The number of aryl methyl sites for hydroxylation is 1. The Morgan fingerprint density at radius 2 is 1.87 bits per heavy atom. The van der Waals surface area contributed by atoms with Crippen LogP contribution in [0, 0.1) is 6.92 Å². The van der Waals surface area contributed by atoms with Gasteiger partial charge in [0.1, 0.15) is 0 Å². The standard InChI is InChI=1S/C22H24N4O4/c1-13(2)18-12-16(19-14(3)25-30-21(19)24-18)20(27)23-17-7-5-4-6-15(17)22(28)26-8-10-29-11-9-26/h4-7,12-13H,8-11H2,1-3H3,(H,23,27). The van der Waals surface area contributed by atoms with Gasteiger partial charge in [-0.15, -0.1) is 0 Å². The van der Waals surface area contributed by atoms with E-state index < -0.39 is 0 Å². The molecule has 30 heavy (non-hydrogen) atoms. The maximum Gasteiger partial charge on any atom is 0.259 e. The summed E-state index contributed by atoms with van der Waals surface area (Å²) in [5, 5.41) is 7.45. The second kappa shape index (κ2) is 8.23. The van der Waals surface area contributed by atoms with E-state index in [1.807, 2.05) is 13.8 Å². The third kappa shape index (κ3) is 3.78. The first-order chi connectivity index (χ1) is 14.5. The summed E-state index contributed by atoms with van der Waals surface area (Å²) in [5.41, 5.74) is 3.00. The minimum absolute atomic E-state index is 0.113. The lowest BCUT2D eigenvalue weighted by atomic mass is 10.0. The number of para-hydroxylation sites is 1. The number of anilines is 1. The van der Waals surface area contributed by atoms with Crippen LogP contribution < -0.4 is 5.32 Å². The Morgan fingerprint density at radius 1 is 1.13 bits per heavy atom. The zero-order chi connectivity index (χ0) is 21.3. The van der Waals surface area contributed by atoms with E-state index in [1.54, 1.807) is 42.2 Å². The minimum Gasteiger partial charge on any atom is -0.378 e. The van der Waals surface area contributed by atoms with E-state index in [4.69, 9.17) is 9.26 Å². The maximum atomic E-state index is 13.3. The molecule has 3 heterocycles. The Balaban J connectivity index is 1.68. The zero-order valence-corrected chi connectivity index (χ0v) is 17.3. The molecule has 1 saturated heterocycles. The molecule has 0 saturated carbocycles. The van der Waals surface area contributed by atoms with Gasteiger partial charge >= 0.3 is 0 Å². The molecule has 0 aliphatic carbocycles. The lowest BCUT2D eigenvalue weighted by molar-refractivity contribution is 0.0303. The van der Waals surface area contributed by atoms with Gasteiger partial charge in [0.15, 0.2) is 0 Å². The largest absolute Gasteiger partial charge is 0.378 e. The van der Waals surface area contributed by atoms with E-state index in [9.17, 15) is 9.59 Å². The SMILES string of the molecule is Cc1noc2nc(C(C)C)cc(C(=O)Nc3ccccc3C(=O)N3CCOCC3)c12. The van der Waals surface area contributed by atoms with E-state index in [0.717, 1.165) is 5.69 Å². The highest BCUT2D eigenvalue weighted by Gasteiger charge is 2.24. The maximum absolute atomic E-state index is 13.3. The fraction of sp³-hybridized carbons (Fsp3) is 0.364. The number of aromatic nitrogens is 2. The van der Waals surface area contributed by atoms with Crippen LogP contribution in [0.15, 0.2) is 34.9 Å². The van der Waals surface area contributed by atoms with Crippen LogP contribution in [0.25, 0.3) is 11.1 Å². The fourth-order valence-electron chi connectivity index (χ4n) is 3.49. The molecule has 0 spiro atoms. The van der Waals surface area contributed by atoms with Crippen LogP contribution in [0.2, 0.25) is 0 Å². The predicted octanol–water partition coefficient (Wildman–Crippen LogP) is 3.38. The van der Waals surface area contributed by atoms with Gasteiger partial charge in [-0.3, -0.25) is 9.59 Å². The van der Waals surface area contributed by atoms with E-state index in [-0.39, 0.29) is 17.7 Å². The van der Waals surface area contributed by atoms with Crippen molar-refractivity contribution < 1.29 is 18.8 Å². The quantitative estimate of drug-likeness (QED) is 0.711. The van der Waals surface area contributed by atoms with Gasteiger partial charge in [0.25, 0.3) is 17.5 Å². The molecule has 8 nitrogen and oxygen atoms in total. The Bertz CT molecular complexity index is 1100. The van der Waals surface area contributed by atoms with Crippen molar-refractivity contribution in [1.29, 1.82) is 0 Å². The second-order valence-corrected chi connectivity index (χ2v) is 7.60. The van der Waals surface area contributed by atoms with Crippen molar-refractivity contribution in [2.45, 2.75) is 26.7 Å². The van der Waals surface area contributed by atoms with Crippen molar-refractivity contribution in [3.05, 3.63) is 52.8 Å². The van der Waals surface area contributed by atoms with Gasteiger partial charge in [-0.25, -0.2) is 4.98 Å². The topological polar surface area (TPSA) is 97.6 Å². The average molecular weight is 408 g/mol. The van der Waals surface area contributed by atoms with Gasteiger partial charge in [0.05, 0.1) is 41.1 Å². The number of nitrogens with one attached hydrogen (secondary N) is 1. The summed E-state index contributed by atoms with van der Waals surface area (Å²) < 4.78 is 10.6. The highest BCUT2D eigenvalue weighted by atomic mass is 16.5. The second-order valence-electron chi connectivity index (χ2n) is 7.60. The Hall–Kier alpha value is -3.26. The summed E-state index contributed by atoms with van der Waals surface area (Å²) >= 11 is 0. The lowest BCUT2D eigenvalue weighted by Gasteiger charge is -2.27. The van der Waals surface area contributed by atoms with Crippen LogP contribution in [0.1, 0.15) is 51.9 Å². The fourth-order valence-corrected chi connectivity index (χ4v) is 3.49. The van der Waals surface area contributed by atoms with Gasteiger partial charge in [0, 0.05) is 18.8 Å². The number of benzene rings is 1. The van der Waals surface area contributed by atoms with E-state index in [2.05, 4.69) is 15.5 Å². The number of fused-ring (bicyclic) bond motifs is 1. The molecular formula is C22H24N4O4. The van der Waals surface area contributed by atoms with Crippen LogP contribution in [-0.2, 0) is 4.74 Å². The van der Waals surface area contributed by atoms with E-state index in [0.29, 0.717) is 59.9 Å². The average Bonchev–Trinajstić information content (AvgIpc) is 3.14. The number of amides is 2. The number of hydrogen-bond donors (Lipinski definition) is 1. The highest BCUT2D eigenvalue weighted by molar-refractivity contribution is 6.14. The molecule has 1 fully saturated rings. The Morgan fingerprint density at radius 3 is 2.60 bits per heavy atom. The first-order valence-electron chi connectivity index (χ1n) is 10.00. The third-order valence-corrected chi connectivity index (χ3v) is 5.18. The molecule has 1 N–H and O–H groups in total. The molecule has 0 radical (unpaired) electrons. The van der Waals surface area contributed by atoms with Crippen molar-refractivity contribution in [1.82, 2.24) is 15.0 Å². The van der Waals surface area contributed by atoms with Crippen LogP contribution in [0.5, 0.6) is 0 Å². The molecule has 0 bridgehead atoms. The number of morpholine rings is 1. The van der Waals surface area contributed by atoms with Crippen molar-refractivity contribution in [2.24, 2.45) is 0 Å². The molecule has 4 rings (SSSR count). The van der Waals surface area contributed by atoms with Crippen molar-refractivity contribution in [3.63, 3.8) is 0 Å². The molecule has 0 unspecified atom stereocenters. The van der Waals surface area contributed by atoms with Gasteiger partial charge < -0.3 is 19.5 Å². The number of ether oxygens (including phenoxy) is 1. The molecule has 8 heteroatoms. The van der Waals surface area contributed by atoms with Crippen molar-refractivity contribution in [3.8, 4) is 0 Å². The van der Waals surface area contributed by atoms with Crippen LogP contribution >= 0.6 is 0 Å². The van der Waals surface area contributed by atoms with Gasteiger partial charge in [0.2, 0.25) is 0 Å². The summed E-state index contributed by atoms with van der Waals surface area (Å²) in [4.78, 5) is 32.4. The van der Waals surface area contributed by atoms with Crippen LogP contribution in [-0.4, -0.2) is 53.2 Å². The first kappa shape index (κ1) is 20.0. The van der Waals surface area contributed by atoms with Crippen molar-refractivity contribution in [2.75, 3.05) is 31.6 Å². The summed E-state index contributed by atoms with van der Waals surface area (Å²) in [6.07, 6.45) is 0. The molecule has 2 amide bonds. The summed E-state index contributed by atoms with van der Waals surface area (Å²) in [7, 11) is 0. The van der Waals surface area contributed by atoms with Gasteiger partial charge in [-0.2, -0.15) is 0 Å². The van der Waals surface area contributed by atoms with Crippen LogP contribution in [0.3, 0.4) is 0 Å². The Kier molecular flexibility index (Phi) is 5.50. The molecule has 0 atom stereocenters.